The number of halogens is 2. The summed E-state index contributed by atoms with van der Waals surface area (Å²) in [6.07, 6.45) is 0. The maximum absolute atomic E-state index is 11.0. The number of carboxylic acid groups (broad SMARTS) is 1. The van der Waals surface area contributed by atoms with Crippen LogP contribution < -0.4 is 5.32 Å². The predicted octanol–water partition coefficient (Wildman–Crippen LogP) is 1.94. The Morgan fingerprint density at radius 3 is 1.88 bits per heavy atom. The van der Waals surface area contributed by atoms with Gasteiger partial charge in [-0.2, -0.15) is 0 Å². The van der Waals surface area contributed by atoms with E-state index < -0.39 is 16.5 Å². The van der Waals surface area contributed by atoms with Gasteiger partial charge in [-0.05, 0) is 41.4 Å². The van der Waals surface area contributed by atoms with Gasteiger partial charge in [-0.3, -0.25) is 14.4 Å². The van der Waals surface area contributed by atoms with Gasteiger partial charge >= 0.3 is 5.97 Å². The van der Waals surface area contributed by atoms with Crippen molar-refractivity contribution in [3.63, 3.8) is 0 Å². The third-order valence-electron chi connectivity index (χ3n) is 1.83. The Morgan fingerprint density at radius 1 is 1.06 bits per heavy atom. The summed E-state index contributed by atoms with van der Waals surface area (Å²) in [5.41, 5.74) is 0.403. The molecule has 0 aliphatic carbocycles. The van der Waals surface area contributed by atoms with Crippen LogP contribution in [0.5, 0.6) is 0 Å². The van der Waals surface area contributed by atoms with Crippen LogP contribution in [-0.4, -0.2) is 28.1 Å². The molecule has 0 heterocycles. The average Bonchev–Trinajstić information content (AvgIpc) is 2.25. The zero-order valence-electron chi connectivity index (χ0n) is 8.37. The first-order valence-electron chi connectivity index (χ1n) is 4.40. The first kappa shape index (κ1) is 13.5. The summed E-state index contributed by atoms with van der Waals surface area (Å²) >= 11 is 10.6. The Labute approximate surface area is 106 Å². The van der Waals surface area contributed by atoms with Gasteiger partial charge in [-0.15, -0.1) is 0 Å². The van der Waals surface area contributed by atoms with Gasteiger partial charge in [0.1, 0.15) is 6.54 Å². The van der Waals surface area contributed by atoms with Gasteiger partial charge in [0.2, 0.25) is 0 Å². The second-order valence-corrected chi connectivity index (χ2v) is 3.78. The number of anilines is 1. The lowest BCUT2D eigenvalue weighted by atomic mass is 10.1. The van der Waals surface area contributed by atoms with Crippen molar-refractivity contribution in [2.75, 3.05) is 11.9 Å². The van der Waals surface area contributed by atoms with E-state index in [-0.39, 0.29) is 23.4 Å². The van der Waals surface area contributed by atoms with Crippen molar-refractivity contribution in [3.8, 4) is 0 Å². The molecule has 0 unspecified atom stereocenters. The fourth-order valence-corrected chi connectivity index (χ4v) is 1.35. The van der Waals surface area contributed by atoms with E-state index in [1.54, 1.807) is 0 Å². The number of carboxylic acids is 1. The van der Waals surface area contributed by atoms with Gasteiger partial charge in [0, 0.05) is 16.8 Å². The van der Waals surface area contributed by atoms with Crippen LogP contribution in [-0.2, 0) is 4.79 Å². The first-order chi connectivity index (χ1) is 7.90. The molecule has 0 saturated carbocycles. The summed E-state index contributed by atoms with van der Waals surface area (Å²) in [6, 6.07) is 3.90. The molecule has 17 heavy (non-hydrogen) atoms. The number of nitrogens with one attached hydrogen (secondary N) is 1. The summed E-state index contributed by atoms with van der Waals surface area (Å²) in [7, 11) is 0. The highest BCUT2D eigenvalue weighted by Gasteiger charge is 2.10. The molecule has 0 spiro atoms. The lowest BCUT2D eigenvalue weighted by Gasteiger charge is -2.06. The summed E-state index contributed by atoms with van der Waals surface area (Å²) in [4.78, 5) is 32.3. The van der Waals surface area contributed by atoms with Gasteiger partial charge in [0.25, 0.3) is 10.5 Å². The highest BCUT2D eigenvalue weighted by atomic mass is 35.5. The molecule has 0 saturated heterocycles. The highest BCUT2D eigenvalue weighted by molar-refractivity contribution is 6.69. The van der Waals surface area contributed by atoms with Crippen molar-refractivity contribution >= 4 is 45.3 Å². The summed E-state index contributed by atoms with van der Waals surface area (Å²) in [5, 5.41) is 9.47. The number of benzene rings is 1. The van der Waals surface area contributed by atoms with Gasteiger partial charge in [0.15, 0.2) is 0 Å². The Bertz CT molecular complexity index is 455. The van der Waals surface area contributed by atoms with Gasteiger partial charge in [0.05, 0.1) is 0 Å². The van der Waals surface area contributed by atoms with E-state index >= 15 is 0 Å². The van der Waals surface area contributed by atoms with Crippen LogP contribution >= 0.6 is 23.2 Å². The molecule has 0 fully saturated rings. The van der Waals surface area contributed by atoms with E-state index in [9.17, 15) is 14.4 Å². The Balaban J connectivity index is 3.08. The maximum Gasteiger partial charge on any atom is 0.322 e. The largest absolute Gasteiger partial charge is 0.480 e. The van der Waals surface area contributed by atoms with E-state index in [1.165, 1.54) is 18.2 Å². The topological polar surface area (TPSA) is 83.5 Å². The van der Waals surface area contributed by atoms with E-state index in [1.807, 2.05) is 0 Å². The third kappa shape index (κ3) is 4.05. The number of carbonyl (C=O) groups is 3. The van der Waals surface area contributed by atoms with Gasteiger partial charge in [-0.25, -0.2) is 0 Å². The van der Waals surface area contributed by atoms with Gasteiger partial charge < -0.3 is 10.4 Å². The van der Waals surface area contributed by atoms with Crippen LogP contribution in [0.15, 0.2) is 18.2 Å². The first-order valence-corrected chi connectivity index (χ1v) is 5.16. The zero-order valence-corrected chi connectivity index (χ0v) is 9.88. The lowest BCUT2D eigenvalue weighted by molar-refractivity contribution is -0.134. The average molecular weight is 276 g/mol. The quantitative estimate of drug-likeness (QED) is 0.803. The fourth-order valence-electron chi connectivity index (χ4n) is 1.13. The smallest absolute Gasteiger partial charge is 0.322 e. The minimum Gasteiger partial charge on any atom is -0.480 e. The van der Waals surface area contributed by atoms with Crippen molar-refractivity contribution in [2.45, 2.75) is 0 Å². The number of hydrogen-bond acceptors (Lipinski definition) is 4. The van der Waals surface area contributed by atoms with Crippen LogP contribution in [0.1, 0.15) is 20.7 Å². The van der Waals surface area contributed by atoms with Crippen molar-refractivity contribution in [2.24, 2.45) is 0 Å². The van der Waals surface area contributed by atoms with Crippen LogP contribution in [0.2, 0.25) is 0 Å². The third-order valence-corrected chi connectivity index (χ3v) is 2.27. The molecule has 0 atom stereocenters. The van der Waals surface area contributed by atoms with Gasteiger partial charge in [-0.1, -0.05) is 0 Å². The summed E-state index contributed by atoms with van der Waals surface area (Å²) in [6.45, 7) is -0.351. The molecule has 2 N–H and O–H groups in total. The molecule has 7 heteroatoms. The van der Waals surface area contributed by atoms with Crippen LogP contribution in [0.25, 0.3) is 0 Å². The fraction of sp³-hybridized carbons (Fsp3) is 0.100. The molecule has 0 aliphatic rings. The van der Waals surface area contributed by atoms with Crippen LogP contribution in [0.3, 0.4) is 0 Å². The molecule has 0 bridgehead atoms. The number of aliphatic carboxylic acids is 1. The second kappa shape index (κ2) is 5.65. The van der Waals surface area contributed by atoms with Crippen molar-refractivity contribution in [1.82, 2.24) is 0 Å². The molecule has 1 rings (SSSR count). The molecule has 1 aromatic carbocycles. The maximum atomic E-state index is 11.0. The number of carbonyl (C=O) groups excluding carboxylic acids is 2. The normalized spacial score (nSPS) is 9.76. The van der Waals surface area contributed by atoms with E-state index in [0.717, 1.165) is 0 Å². The summed E-state index contributed by atoms with van der Waals surface area (Å²) in [5.74, 6) is -1.08. The predicted molar refractivity (Wildman–Crippen MR) is 62.9 cm³/mol. The number of hydrogen-bond donors (Lipinski definition) is 2. The van der Waals surface area contributed by atoms with Crippen molar-refractivity contribution in [3.05, 3.63) is 29.3 Å². The summed E-state index contributed by atoms with van der Waals surface area (Å²) < 4.78 is 0. The molecule has 5 nitrogen and oxygen atoms in total. The minimum atomic E-state index is -1.08. The number of rotatable bonds is 5. The molecule has 90 valence electrons. The van der Waals surface area contributed by atoms with E-state index in [0.29, 0.717) is 0 Å². The van der Waals surface area contributed by atoms with E-state index in [2.05, 4.69) is 5.32 Å². The molecular formula is C10H7Cl2NO4. The SMILES string of the molecule is O=C(O)CNc1cc(C(=O)Cl)cc(C(=O)Cl)c1. The van der Waals surface area contributed by atoms with Crippen LogP contribution in [0, 0.1) is 0 Å². The Kier molecular flexibility index (Phi) is 4.48. The van der Waals surface area contributed by atoms with Crippen LogP contribution in [0.4, 0.5) is 5.69 Å². The standard InChI is InChI=1S/C10H7Cl2NO4/c11-9(16)5-1-6(10(12)17)3-7(2-5)13-4-8(14)15/h1-3,13H,4H2,(H,14,15). The molecule has 1 aromatic rings. The minimum absolute atomic E-state index is 0.0612. The Hall–Kier alpha value is -1.59. The highest BCUT2D eigenvalue weighted by Crippen LogP contribution is 2.18. The van der Waals surface area contributed by atoms with E-state index in [4.69, 9.17) is 28.3 Å². The molecule has 0 aromatic heterocycles. The molecular weight excluding hydrogens is 269 g/mol. The Morgan fingerprint density at radius 2 is 1.53 bits per heavy atom. The molecule has 0 aliphatic heterocycles. The monoisotopic (exact) mass is 275 g/mol. The lowest BCUT2D eigenvalue weighted by Crippen LogP contribution is -2.13. The molecule has 0 radical (unpaired) electrons. The molecule has 0 amide bonds. The second-order valence-electron chi connectivity index (χ2n) is 3.09. The van der Waals surface area contributed by atoms with Crippen molar-refractivity contribution < 1.29 is 19.5 Å². The van der Waals surface area contributed by atoms with Crippen molar-refractivity contribution in [1.29, 1.82) is 0 Å². The zero-order chi connectivity index (χ0) is 13.0.